The molecule has 90 valence electrons. The van der Waals surface area contributed by atoms with E-state index in [1.54, 1.807) is 12.1 Å². The van der Waals surface area contributed by atoms with Crippen LogP contribution in [0.1, 0.15) is 17.2 Å². The fourth-order valence-corrected chi connectivity index (χ4v) is 1.48. The number of carbonyl (C=O) groups is 1. The second kappa shape index (κ2) is 6.02. The molecule has 1 aromatic rings. The number of ether oxygens (including phenoxy) is 1. The van der Waals surface area contributed by atoms with Gasteiger partial charge in [0.25, 0.3) is 0 Å². The van der Waals surface area contributed by atoms with E-state index in [4.69, 9.17) is 6.42 Å². The van der Waals surface area contributed by atoms with Crippen LogP contribution in [-0.2, 0) is 9.53 Å². The fraction of sp³-hybridized carbons (Fsp3) is 0.308. The maximum atomic E-state index is 13.6. The van der Waals surface area contributed by atoms with E-state index in [-0.39, 0.29) is 12.1 Å². The molecule has 0 aliphatic heterocycles. The first-order valence-corrected chi connectivity index (χ1v) is 5.11. The smallest absolute Gasteiger partial charge is 0.327 e. The van der Waals surface area contributed by atoms with Crippen molar-refractivity contribution in [3.8, 4) is 12.3 Å². The van der Waals surface area contributed by atoms with Crippen LogP contribution >= 0.6 is 0 Å². The average Bonchev–Trinajstić information content (AvgIpc) is 2.33. The van der Waals surface area contributed by atoms with Gasteiger partial charge in [0.2, 0.25) is 0 Å². The van der Waals surface area contributed by atoms with E-state index in [1.165, 1.54) is 13.2 Å². The Bertz CT molecular complexity index is 451. The maximum absolute atomic E-state index is 13.6. The van der Waals surface area contributed by atoms with Gasteiger partial charge in [0.15, 0.2) is 0 Å². The van der Waals surface area contributed by atoms with Crippen molar-refractivity contribution >= 4 is 5.97 Å². The van der Waals surface area contributed by atoms with Crippen molar-refractivity contribution in [3.05, 3.63) is 35.1 Å². The number of methoxy groups -OCH3 is 1. The van der Waals surface area contributed by atoms with Gasteiger partial charge in [0.05, 0.1) is 13.7 Å². The molecule has 0 heterocycles. The molecule has 0 aliphatic rings. The van der Waals surface area contributed by atoms with Crippen LogP contribution in [-0.4, -0.2) is 19.6 Å². The van der Waals surface area contributed by atoms with Gasteiger partial charge in [-0.05, 0) is 13.0 Å². The summed E-state index contributed by atoms with van der Waals surface area (Å²) in [7, 11) is 1.25. The van der Waals surface area contributed by atoms with Gasteiger partial charge >= 0.3 is 5.97 Å². The third-order valence-electron chi connectivity index (χ3n) is 2.31. The van der Waals surface area contributed by atoms with Crippen LogP contribution in [0.2, 0.25) is 0 Å². The molecule has 0 radical (unpaired) electrons. The molecule has 0 saturated carbocycles. The molecular weight excluding hydrogens is 221 g/mol. The second-order valence-corrected chi connectivity index (χ2v) is 3.57. The minimum absolute atomic E-state index is 0.160. The van der Waals surface area contributed by atoms with Crippen LogP contribution in [0, 0.1) is 25.1 Å². The lowest BCUT2D eigenvalue weighted by molar-refractivity contribution is -0.143. The van der Waals surface area contributed by atoms with Gasteiger partial charge in [-0.15, -0.1) is 6.42 Å². The van der Waals surface area contributed by atoms with E-state index in [9.17, 15) is 9.18 Å². The van der Waals surface area contributed by atoms with Gasteiger partial charge in [-0.1, -0.05) is 23.6 Å². The van der Waals surface area contributed by atoms with E-state index in [1.807, 2.05) is 6.92 Å². The predicted octanol–water partition coefficient (Wildman–Crippen LogP) is 1.57. The Morgan fingerprint density at radius 2 is 2.35 bits per heavy atom. The quantitative estimate of drug-likeness (QED) is 0.636. The number of hydrogen-bond donors (Lipinski definition) is 1. The highest BCUT2D eigenvalue weighted by Crippen LogP contribution is 2.19. The number of hydrogen-bond acceptors (Lipinski definition) is 3. The Labute approximate surface area is 100.0 Å². The standard InChI is InChI=1S/C13H14FNO2/c1-4-7-15-12(13(16)17-3)10-8-9(2)5-6-11(10)14/h1,5-6,8,12,15H,7H2,2-3H3. The minimum atomic E-state index is -0.879. The van der Waals surface area contributed by atoms with Crippen molar-refractivity contribution in [1.82, 2.24) is 5.32 Å². The fourth-order valence-electron chi connectivity index (χ4n) is 1.48. The number of carbonyl (C=O) groups excluding carboxylic acids is 1. The lowest BCUT2D eigenvalue weighted by Crippen LogP contribution is -2.30. The Morgan fingerprint density at radius 1 is 1.65 bits per heavy atom. The lowest BCUT2D eigenvalue weighted by Gasteiger charge is -2.16. The number of rotatable bonds is 4. The molecule has 0 bridgehead atoms. The molecule has 1 unspecified atom stereocenters. The minimum Gasteiger partial charge on any atom is -0.468 e. The first-order valence-electron chi connectivity index (χ1n) is 5.11. The van der Waals surface area contributed by atoms with Crippen LogP contribution in [0.5, 0.6) is 0 Å². The largest absolute Gasteiger partial charge is 0.468 e. The Balaban J connectivity index is 3.08. The highest BCUT2D eigenvalue weighted by atomic mass is 19.1. The summed E-state index contributed by atoms with van der Waals surface area (Å²) in [4.78, 5) is 11.6. The average molecular weight is 235 g/mol. The van der Waals surface area contributed by atoms with Gasteiger partial charge in [0, 0.05) is 5.56 Å². The SMILES string of the molecule is C#CCNC(C(=O)OC)c1cc(C)ccc1F. The summed E-state index contributed by atoms with van der Waals surface area (Å²) < 4.78 is 18.3. The second-order valence-electron chi connectivity index (χ2n) is 3.57. The summed E-state index contributed by atoms with van der Waals surface area (Å²) in [5, 5.41) is 2.75. The molecule has 1 aromatic carbocycles. The van der Waals surface area contributed by atoms with Crippen molar-refractivity contribution in [3.63, 3.8) is 0 Å². The molecule has 1 N–H and O–H groups in total. The normalized spacial score (nSPS) is 11.6. The van der Waals surface area contributed by atoms with Crippen LogP contribution < -0.4 is 5.32 Å². The van der Waals surface area contributed by atoms with Crippen molar-refractivity contribution in [1.29, 1.82) is 0 Å². The van der Waals surface area contributed by atoms with Crippen LogP contribution in [0.4, 0.5) is 4.39 Å². The Hall–Kier alpha value is -1.86. The number of aryl methyl sites for hydroxylation is 1. The molecular formula is C13H14FNO2. The van der Waals surface area contributed by atoms with Crippen molar-refractivity contribution in [2.45, 2.75) is 13.0 Å². The molecule has 0 spiro atoms. The van der Waals surface area contributed by atoms with Crippen molar-refractivity contribution < 1.29 is 13.9 Å². The Kier molecular flexibility index (Phi) is 4.68. The van der Waals surface area contributed by atoms with E-state index in [2.05, 4.69) is 16.0 Å². The van der Waals surface area contributed by atoms with Crippen LogP contribution in [0.3, 0.4) is 0 Å². The summed E-state index contributed by atoms with van der Waals surface area (Å²) in [5.74, 6) is 1.31. The molecule has 1 atom stereocenters. The third kappa shape index (κ3) is 3.30. The number of nitrogens with one attached hydrogen (secondary N) is 1. The first-order chi connectivity index (χ1) is 8.10. The predicted molar refractivity (Wildman–Crippen MR) is 62.7 cm³/mol. The van der Waals surface area contributed by atoms with E-state index in [0.717, 1.165) is 5.56 Å². The monoisotopic (exact) mass is 235 g/mol. The van der Waals surface area contributed by atoms with Gasteiger partial charge in [-0.25, -0.2) is 9.18 Å². The van der Waals surface area contributed by atoms with Crippen molar-refractivity contribution in [2.24, 2.45) is 0 Å². The molecule has 0 aliphatic carbocycles. The third-order valence-corrected chi connectivity index (χ3v) is 2.31. The highest BCUT2D eigenvalue weighted by Gasteiger charge is 2.23. The van der Waals surface area contributed by atoms with Crippen LogP contribution in [0.25, 0.3) is 0 Å². The van der Waals surface area contributed by atoms with Crippen LogP contribution in [0.15, 0.2) is 18.2 Å². The molecule has 0 aromatic heterocycles. The lowest BCUT2D eigenvalue weighted by atomic mass is 10.0. The van der Waals surface area contributed by atoms with Gasteiger partial charge < -0.3 is 4.74 Å². The summed E-state index contributed by atoms with van der Waals surface area (Å²) in [6.07, 6.45) is 5.11. The van der Waals surface area contributed by atoms with E-state index < -0.39 is 17.8 Å². The Morgan fingerprint density at radius 3 is 2.94 bits per heavy atom. The summed E-state index contributed by atoms with van der Waals surface area (Å²) >= 11 is 0. The summed E-state index contributed by atoms with van der Waals surface area (Å²) in [6.45, 7) is 1.98. The van der Waals surface area contributed by atoms with E-state index in [0.29, 0.717) is 0 Å². The number of esters is 1. The van der Waals surface area contributed by atoms with E-state index >= 15 is 0 Å². The zero-order valence-corrected chi connectivity index (χ0v) is 9.79. The van der Waals surface area contributed by atoms with Gasteiger partial charge in [-0.3, -0.25) is 5.32 Å². The first kappa shape index (κ1) is 13.2. The summed E-state index contributed by atoms with van der Waals surface area (Å²) in [6, 6.07) is 3.67. The zero-order valence-electron chi connectivity index (χ0n) is 9.79. The molecule has 0 amide bonds. The molecule has 4 heteroatoms. The molecule has 0 fully saturated rings. The topological polar surface area (TPSA) is 38.3 Å². The van der Waals surface area contributed by atoms with Gasteiger partial charge in [-0.2, -0.15) is 0 Å². The summed E-state index contributed by atoms with van der Waals surface area (Å²) in [5.41, 5.74) is 1.10. The van der Waals surface area contributed by atoms with Gasteiger partial charge in [0.1, 0.15) is 11.9 Å². The number of terminal acetylenes is 1. The molecule has 17 heavy (non-hydrogen) atoms. The van der Waals surface area contributed by atoms with Crippen molar-refractivity contribution in [2.75, 3.05) is 13.7 Å². The highest BCUT2D eigenvalue weighted by molar-refractivity contribution is 5.77. The zero-order chi connectivity index (χ0) is 12.8. The molecule has 1 rings (SSSR count). The number of halogens is 1. The molecule has 0 saturated heterocycles. The number of benzene rings is 1. The molecule has 3 nitrogen and oxygen atoms in total. The maximum Gasteiger partial charge on any atom is 0.327 e.